The molecule has 0 unspecified atom stereocenters. The normalized spacial score (nSPS) is 12.3. The molecule has 0 heterocycles. The van der Waals surface area contributed by atoms with Gasteiger partial charge in [-0.15, -0.1) is 0 Å². The summed E-state index contributed by atoms with van der Waals surface area (Å²) >= 11 is -0.373. The first-order valence-electron chi connectivity index (χ1n) is 9.18. The van der Waals surface area contributed by atoms with Crippen molar-refractivity contribution in [2.45, 2.75) is 43.0 Å². The van der Waals surface area contributed by atoms with Crippen LogP contribution < -0.4 is 5.32 Å². The Kier molecular flexibility index (Phi) is 7.59. The predicted octanol–water partition coefficient (Wildman–Crippen LogP) is 5.20. The standard InChI is InChI=1S/C20H23F3N2O3S2/c1-5-25(6-2)30(27,28)15-11-13(3)14(4)17(12-15)24-19(26)16-9-7-8-10-18(16)29-20(21,22)23/h7-12H,5-6H2,1-4H3,(H,24,26). The average molecular weight is 461 g/mol. The van der Waals surface area contributed by atoms with Gasteiger partial charge in [0.05, 0.1) is 10.5 Å². The van der Waals surface area contributed by atoms with Crippen LogP contribution in [0.4, 0.5) is 18.9 Å². The summed E-state index contributed by atoms with van der Waals surface area (Å²) in [5, 5.41) is 2.58. The van der Waals surface area contributed by atoms with Crippen LogP contribution in [0.25, 0.3) is 0 Å². The fourth-order valence-electron chi connectivity index (χ4n) is 2.88. The topological polar surface area (TPSA) is 66.5 Å². The van der Waals surface area contributed by atoms with Gasteiger partial charge in [-0.25, -0.2) is 8.42 Å². The van der Waals surface area contributed by atoms with Gasteiger partial charge in [0.15, 0.2) is 0 Å². The van der Waals surface area contributed by atoms with Gasteiger partial charge in [-0.3, -0.25) is 4.79 Å². The number of anilines is 1. The highest BCUT2D eigenvalue weighted by atomic mass is 32.2. The maximum atomic E-state index is 12.9. The zero-order valence-electron chi connectivity index (χ0n) is 17.0. The number of halogens is 3. The summed E-state index contributed by atoms with van der Waals surface area (Å²) in [6.07, 6.45) is 0. The molecule has 2 aromatic rings. The van der Waals surface area contributed by atoms with Crippen molar-refractivity contribution in [3.05, 3.63) is 53.1 Å². The molecule has 0 aromatic heterocycles. The summed E-state index contributed by atoms with van der Waals surface area (Å²) in [7, 11) is -3.77. The molecule has 164 valence electrons. The Bertz CT molecular complexity index is 1030. The summed E-state index contributed by atoms with van der Waals surface area (Å²) in [4.78, 5) is 12.5. The average Bonchev–Trinajstić information content (AvgIpc) is 2.65. The molecule has 0 aliphatic carbocycles. The molecule has 0 spiro atoms. The summed E-state index contributed by atoms with van der Waals surface area (Å²) in [6, 6.07) is 8.25. The van der Waals surface area contributed by atoms with Crippen LogP contribution in [0.1, 0.15) is 35.3 Å². The number of nitrogens with zero attached hydrogens (tertiary/aromatic N) is 1. The molecule has 0 radical (unpaired) electrons. The Morgan fingerprint density at radius 1 is 1.10 bits per heavy atom. The van der Waals surface area contributed by atoms with E-state index >= 15 is 0 Å². The Labute approximate surface area is 178 Å². The van der Waals surface area contributed by atoms with E-state index in [2.05, 4.69) is 5.32 Å². The van der Waals surface area contributed by atoms with Crippen LogP contribution in [0.2, 0.25) is 0 Å². The molecule has 2 aromatic carbocycles. The molecular formula is C20H23F3N2O3S2. The highest BCUT2D eigenvalue weighted by molar-refractivity contribution is 8.00. The SMILES string of the molecule is CCN(CC)S(=O)(=O)c1cc(C)c(C)c(NC(=O)c2ccccc2SC(F)(F)F)c1. The Hall–Kier alpha value is -2.04. The number of nitrogens with one attached hydrogen (secondary N) is 1. The molecule has 5 nitrogen and oxygen atoms in total. The molecule has 1 N–H and O–H groups in total. The van der Waals surface area contributed by atoms with E-state index in [1.165, 1.54) is 40.7 Å². The van der Waals surface area contributed by atoms with Crippen LogP contribution in [0.3, 0.4) is 0 Å². The summed E-state index contributed by atoms with van der Waals surface area (Å²) in [6.45, 7) is 7.43. The number of carbonyl (C=O) groups excluding carboxylic acids is 1. The van der Waals surface area contributed by atoms with Gasteiger partial charge < -0.3 is 5.32 Å². The van der Waals surface area contributed by atoms with E-state index in [0.717, 1.165) is 0 Å². The Morgan fingerprint density at radius 2 is 1.70 bits per heavy atom. The van der Waals surface area contributed by atoms with Gasteiger partial charge in [-0.1, -0.05) is 26.0 Å². The van der Waals surface area contributed by atoms with E-state index in [9.17, 15) is 26.4 Å². The second kappa shape index (κ2) is 9.40. The van der Waals surface area contributed by atoms with Crippen molar-refractivity contribution in [2.24, 2.45) is 0 Å². The quantitative estimate of drug-likeness (QED) is 0.577. The lowest BCUT2D eigenvalue weighted by Gasteiger charge is -2.20. The number of benzene rings is 2. The number of hydrogen-bond donors (Lipinski definition) is 1. The van der Waals surface area contributed by atoms with Crippen molar-refractivity contribution in [3.63, 3.8) is 0 Å². The third-order valence-electron chi connectivity index (χ3n) is 4.59. The molecule has 1 amide bonds. The summed E-state index contributed by atoms with van der Waals surface area (Å²) in [5.41, 5.74) is -3.19. The van der Waals surface area contributed by atoms with E-state index in [0.29, 0.717) is 11.1 Å². The second-order valence-electron chi connectivity index (χ2n) is 6.50. The number of aryl methyl sites for hydroxylation is 1. The first kappa shape index (κ1) is 24.2. The van der Waals surface area contributed by atoms with Crippen molar-refractivity contribution >= 4 is 33.4 Å². The molecule has 0 bridgehead atoms. The van der Waals surface area contributed by atoms with Gasteiger partial charge in [-0.2, -0.15) is 17.5 Å². The molecule has 0 aliphatic rings. The number of carbonyl (C=O) groups is 1. The molecule has 0 saturated heterocycles. The fraction of sp³-hybridized carbons (Fsp3) is 0.350. The lowest BCUT2D eigenvalue weighted by atomic mass is 10.1. The first-order chi connectivity index (χ1) is 13.9. The maximum Gasteiger partial charge on any atom is 0.446 e. The monoisotopic (exact) mass is 460 g/mol. The van der Waals surface area contributed by atoms with Gasteiger partial charge in [0.1, 0.15) is 0 Å². The predicted molar refractivity (Wildman–Crippen MR) is 112 cm³/mol. The molecular weight excluding hydrogens is 437 g/mol. The molecule has 30 heavy (non-hydrogen) atoms. The van der Waals surface area contributed by atoms with E-state index in [1.807, 2.05) is 0 Å². The largest absolute Gasteiger partial charge is 0.446 e. The van der Waals surface area contributed by atoms with E-state index in [4.69, 9.17) is 0 Å². The number of alkyl halides is 3. The van der Waals surface area contributed by atoms with E-state index in [1.54, 1.807) is 27.7 Å². The van der Waals surface area contributed by atoms with E-state index in [-0.39, 0.29) is 45.9 Å². The van der Waals surface area contributed by atoms with Gasteiger partial charge in [0.2, 0.25) is 10.0 Å². The minimum Gasteiger partial charge on any atom is -0.322 e. The highest BCUT2D eigenvalue weighted by Gasteiger charge is 2.31. The second-order valence-corrected chi connectivity index (χ2v) is 9.54. The smallest absolute Gasteiger partial charge is 0.322 e. The number of sulfonamides is 1. The van der Waals surface area contributed by atoms with Gasteiger partial charge in [0.25, 0.3) is 5.91 Å². The summed E-state index contributed by atoms with van der Waals surface area (Å²) in [5.74, 6) is -0.748. The molecule has 10 heteroatoms. The number of thioether (sulfide) groups is 1. The maximum absolute atomic E-state index is 12.9. The first-order valence-corrected chi connectivity index (χ1v) is 11.4. The van der Waals surface area contributed by atoms with Crippen LogP contribution in [-0.2, 0) is 10.0 Å². The van der Waals surface area contributed by atoms with Crippen LogP contribution in [0.15, 0.2) is 46.2 Å². The lowest BCUT2D eigenvalue weighted by molar-refractivity contribution is -0.0328. The third-order valence-corrected chi connectivity index (χ3v) is 7.42. The fourth-order valence-corrected chi connectivity index (χ4v) is 5.11. The van der Waals surface area contributed by atoms with Crippen LogP contribution >= 0.6 is 11.8 Å². The van der Waals surface area contributed by atoms with Crippen molar-refractivity contribution < 1.29 is 26.4 Å². The zero-order chi connectivity index (χ0) is 22.7. The third kappa shape index (κ3) is 5.55. The molecule has 0 saturated carbocycles. The van der Waals surface area contributed by atoms with Crippen LogP contribution in [0, 0.1) is 13.8 Å². The number of amides is 1. The zero-order valence-corrected chi connectivity index (χ0v) is 18.6. The van der Waals surface area contributed by atoms with Crippen molar-refractivity contribution in [1.29, 1.82) is 0 Å². The van der Waals surface area contributed by atoms with Crippen LogP contribution in [-0.4, -0.2) is 37.2 Å². The van der Waals surface area contributed by atoms with Gasteiger partial charge >= 0.3 is 5.51 Å². The highest BCUT2D eigenvalue weighted by Crippen LogP contribution is 2.38. The van der Waals surface area contributed by atoms with Gasteiger partial charge in [0, 0.05) is 23.7 Å². The number of hydrogen-bond acceptors (Lipinski definition) is 4. The summed E-state index contributed by atoms with van der Waals surface area (Å²) < 4.78 is 65.5. The lowest BCUT2D eigenvalue weighted by Crippen LogP contribution is -2.30. The van der Waals surface area contributed by atoms with E-state index < -0.39 is 21.4 Å². The van der Waals surface area contributed by atoms with Crippen molar-refractivity contribution in [3.8, 4) is 0 Å². The van der Waals surface area contributed by atoms with Crippen molar-refractivity contribution in [1.82, 2.24) is 4.31 Å². The van der Waals surface area contributed by atoms with Gasteiger partial charge in [-0.05, 0) is 61.0 Å². The minimum atomic E-state index is -4.54. The van der Waals surface area contributed by atoms with Crippen LogP contribution in [0.5, 0.6) is 0 Å². The Morgan fingerprint density at radius 3 is 2.27 bits per heavy atom. The minimum absolute atomic E-state index is 0.0163. The molecule has 0 atom stereocenters. The molecule has 0 fully saturated rings. The molecule has 2 rings (SSSR count). The van der Waals surface area contributed by atoms with Crippen molar-refractivity contribution in [2.75, 3.05) is 18.4 Å². The number of rotatable bonds is 7. The Balaban J connectivity index is 2.45. The molecule has 0 aliphatic heterocycles.